The highest BCUT2D eigenvalue weighted by Gasteiger charge is 2.16. The monoisotopic (exact) mass is 735 g/mol. The van der Waals surface area contributed by atoms with Gasteiger partial charge in [0.1, 0.15) is 0 Å². The van der Waals surface area contributed by atoms with Gasteiger partial charge in [-0.25, -0.2) is 0 Å². The fourth-order valence-electron chi connectivity index (χ4n) is 8.15. The van der Waals surface area contributed by atoms with Crippen LogP contribution in [0, 0.1) is 0 Å². The molecule has 258 valence electrons. The molecule has 1 nitrogen and oxygen atoms in total. The van der Waals surface area contributed by atoms with Gasteiger partial charge in [0.25, 0.3) is 0 Å². The van der Waals surface area contributed by atoms with E-state index in [1.807, 2.05) is 22.7 Å². The molecule has 0 spiro atoms. The molecule has 2 heterocycles. The molecule has 0 aliphatic heterocycles. The molecule has 0 aliphatic carbocycles. The molecular weight excluding hydrogens is 703 g/mol. The molecule has 0 amide bonds. The maximum atomic E-state index is 2.38. The lowest BCUT2D eigenvalue weighted by molar-refractivity contribution is 1.28. The molecule has 9 aromatic carbocycles. The topological polar surface area (TPSA) is 3.24 Å². The van der Waals surface area contributed by atoms with Crippen molar-refractivity contribution in [1.82, 2.24) is 0 Å². The molecular formula is C52H33NS2. The summed E-state index contributed by atoms with van der Waals surface area (Å²) in [7, 11) is 0. The van der Waals surface area contributed by atoms with E-state index < -0.39 is 0 Å². The number of rotatable bonds is 6. The van der Waals surface area contributed by atoms with E-state index >= 15 is 0 Å². The van der Waals surface area contributed by atoms with Crippen molar-refractivity contribution in [1.29, 1.82) is 0 Å². The third kappa shape index (κ3) is 5.60. The van der Waals surface area contributed by atoms with Gasteiger partial charge in [0.2, 0.25) is 0 Å². The average Bonchev–Trinajstić information content (AvgIpc) is 3.82. The Morgan fingerprint density at radius 1 is 0.273 bits per heavy atom. The second-order valence-electron chi connectivity index (χ2n) is 14.1. The third-order valence-electron chi connectivity index (χ3n) is 10.9. The van der Waals surface area contributed by atoms with Gasteiger partial charge in [0, 0.05) is 57.4 Å². The van der Waals surface area contributed by atoms with Crippen LogP contribution >= 0.6 is 22.7 Å². The van der Waals surface area contributed by atoms with Crippen LogP contribution in [-0.2, 0) is 0 Å². The second kappa shape index (κ2) is 13.1. The summed E-state index contributed by atoms with van der Waals surface area (Å²) in [4.78, 5) is 2.38. The van der Waals surface area contributed by atoms with Gasteiger partial charge in [-0.1, -0.05) is 127 Å². The molecule has 0 saturated carbocycles. The van der Waals surface area contributed by atoms with Crippen molar-refractivity contribution in [2.24, 2.45) is 0 Å². The molecule has 0 N–H and O–H groups in total. The van der Waals surface area contributed by atoms with Crippen LogP contribution in [0.2, 0.25) is 0 Å². The molecule has 55 heavy (non-hydrogen) atoms. The maximum absolute atomic E-state index is 2.38. The largest absolute Gasteiger partial charge is 0.310 e. The molecule has 11 aromatic rings. The predicted molar refractivity (Wildman–Crippen MR) is 241 cm³/mol. The Balaban J connectivity index is 1.01. The lowest BCUT2D eigenvalue weighted by atomic mass is 9.98. The Hall–Kier alpha value is -6.52. The van der Waals surface area contributed by atoms with Crippen molar-refractivity contribution in [3.8, 4) is 33.4 Å². The molecule has 0 saturated heterocycles. The van der Waals surface area contributed by atoms with Crippen LogP contribution in [0.25, 0.3) is 84.5 Å². The van der Waals surface area contributed by atoms with Crippen molar-refractivity contribution in [3.05, 3.63) is 200 Å². The van der Waals surface area contributed by atoms with E-state index in [-0.39, 0.29) is 0 Å². The first-order chi connectivity index (χ1) is 27.2. The zero-order valence-corrected chi connectivity index (χ0v) is 31.4. The van der Waals surface area contributed by atoms with E-state index in [0.717, 1.165) is 17.1 Å². The Kier molecular flexibility index (Phi) is 7.61. The Labute approximate surface area is 327 Å². The van der Waals surface area contributed by atoms with Gasteiger partial charge in [-0.15, -0.1) is 22.7 Å². The summed E-state index contributed by atoms with van der Waals surface area (Å²) in [5, 5.41) is 7.80. The number of thiophene rings is 2. The highest BCUT2D eigenvalue weighted by Crippen LogP contribution is 2.42. The SMILES string of the molecule is c1cc(-c2ccc3sc4ccccc4c3c2)cc(N(c2ccc(-c3ccc4sc5ccccc5c4c3)cc2)c2ccc(-c3cccc4ccccc34)cc2)c1. The van der Waals surface area contributed by atoms with Gasteiger partial charge in [0.05, 0.1) is 0 Å². The van der Waals surface area contributed by atoms with Gasteiger partial charge in [-0.2, -0.15) is 0 Å². The van der Waals surface area contributed by atoms with Gasteiger partial charge >= 0.3 is 0 Å². The smallest absolute Gasteiger partial charge is 0.0467 e. The molecule has 0 atom stereocenters. The van der Waals surface area contributed by atoms with Crippen molar-refractivity contribution >= 4 is 90.9 Å². The number of fused-ring (bicyclic) bond motifs is 7. The summed E-state index contributed by atoms with van der Waals surface area (Å²) >= 11 is 3.72. The van der Waals surface area contributed by atoms with E-state index in [4.69, 9.17) is 0 Å². The first kappa shape index (κ1) is 32.0. The van der Waals surface area contributed by atoms with E-state index in [1.165, 1.54) is 84.5 Å². The van der Waals surface area contributed by atoms with Crippen LogP contribution < -0.4 is 4.90 Å². The molecule has 0 aliphatic rings. The molecule has 0 fully saturated rings. The third-order valence-corrected chi connectivity index (χ3v) is 13.2. The van der Waals surface area contributed by atoms with Crippen LogP contribution in [-0.4, -0.2) is 0 Å². The quantitative estimate of drug-likeness (QED) is 0.164. The van der Waals surface area contributed by atoms with Gasteiger partial charge < -0.3 is 4.90 Å². The lowest BCUT2D eigenvalue weighted by Gasteiger charge is -2.26. The minimum atomic E-state index is 1.11. The minimum absolute atomic E-state index is 1.11. The zero-order chi connectivity index (χ0) is 36.3. The van der Waals surface area contributed by atoms with Crippen LogP contribution in [0.1, 0.15) is 0 Å². The van der Waals surface area contributed by atoms with Gasteiger partial charge in [-0.3, -0.25) is 0 Å². The summed E-state index contributed by atoms with van der Waals surface area (Å²) in [6, 6.07) is 73.5. The van der Waals surface area contributed by atoms with Gasteiger partial charge in [0.15, 0.2) is 0 Å². The fourth-order valence-corrected chi connectivity index (χ4v) is 10.3. The number of hydrogen-bond acceptors (Lipinski definition) is 3. The Bertz CT molecular complexity index is 3200. The molecule has 2 aromatic heterocycles. The molecule has 0 unspecified atom stereocenters. The highest BCUT2D eigenvalue weighted by atomic mass is 32.1. The van der Waals surface area contributed by atoms with Crippen molar-refractivity contribution < 1.29 is 0 Å². The number of hydrogen-bond donors (Lipinski definition) is 0. The van der Waals surface area contributed by atoms with Crippen molar-refractivity contribution in [2.75, 3.05) is 4.90 Å². The highest BCUT2D eigenvalue weighted by molar-refractivity contribution is 7.26. The number of benzene rings is 9. The summed E-state index contributed by atoms with van der Waals surface area (Å²) in [5.74, 6) is 0. The first-order valence-corrected chi connectivity index (χ1v) is 20.3. The molecule has 11 rings (SSSR count). The fraction of sp³-hybridized carbons (Fsp3) is 0. The zero-order valence-electron chi connectivity index (χ0n) is 29.8. The van der Waals surface area contributed by atoms with E-state index in [2.05, 4.69) is 205 Å². The average molecular weight is 736 g/mol. The summed E-state index contributed by atoms with van der Waals surface area (Å²) < 4.78 is 5.30. The van der Waals surface area contributed by atoms with Crippen molar-refractivity contribution in [2.45, 2.75) is 0 Å². The van der Waals surface area contributed by atoms with Crippen LogP contribution in [0.4, 0.5) is 17.1 Å². The summed E-state index contributed by atoms with van der Waals surface area (Å²) in [6.45, 7) is 0. The van der Waals surface area contributed by atoms with Crippen LogP contribution in [0.5, 0.6) is 0 Å². The first-order valence-electron chi connectivity index (χ1n) is 18.7. The summed E-state index contributed by atoms with van der Waals surface area (Å²) in [6.07, 6.45) is 0. The van der Waals surface area contributed by atoms with E-state index in [9.17, 15) is 0 Å². The van der Waals surface area contributed by atoms with Crippen LogP contribution in [0.15, 0.2) is 200 Å². The lowest BCUT2D eigenvalue weighted by Crippen LogP contribution is -2.10. The standard InChI is InChI=1S/C52H33NS2/c1-2-13-43-35(9-1)10-8-16-44(43)36-21-27-41(28-22-36)53(40-25-19-34(20-26-40)38-23-29-51-47(32-38)45-14-3-5-17-49(45)54-51)42-12-7-11-37(31-42)39-24-30-52-48(33-39)46-15-4-6-18-50(46)55-52/h1-33H. The maximum Gasteiger partial charge on any atom is 0.0467 e. The molecule has 0 radical (unpaired) electrons. The Morgan fingerprint density at radius 3 is 1.40 bits per heavy atom. The van der Waals surface area contributed by atoms with E-state index in [1.54, 1.807) is 0 Å². The summed E-state index contributed by atoms with van der Waals surface area (Å²) in [5.41, 5.74) is 10.6. The molecule has 3 heteroatoms. The normalized spacial score (nSPS) is 11.6. The molecule has 0 bridgehead atoms. The Morgan fingerprint density at radius 2 is 0.745 bits per heavy atom. The predicted octanol–water partition coefficient (Wildman–Crippen LogP) is 16.0. The number of anilines is 3. The van der Waals surface area contributed by atoms with Crippen molar-refractivity contribution in [3.63, 3.8) is 0 Å². The van der Waals surface area contributed by atoms with Crippen LogP contribution in [0.3, 0.4) is 0 Å². The number of nitrogens with zero attached hydrogens (tertiary/aromatic N) is 1. The van der Waals surface area contributed by atoms with E-state index in [0.29, 0.717) is 0 Å². The van der Waals surface area contributed by atoms with Gasteiger partial charge in [-0.05, 0) is 117 Å². The minimum Gasteiger partial charge on any atom is -0.310 e. The second-order valence-corrected chi connectivity index (χ2v) is 16.3.